The van der Waals surface area contributed by atoms with Crippen LogP contribution in [0.4, 0.5) is 5.69 Å². The van der Waals surface area contributed by atoms with Crippen LogP contribution >= 0.6 is 0 Å². The maximum absolute atomic E-state index is 9.54. The molecule has 1 aromatic rings. The van der Waals surface area contributed by atoms with Crippen molar-refractivity contribution in [2.45, 2.75) is 18.9 Å². The van der Waals surface area contributed by atoms with E-state index < -0.39 is 0 Å². The van der Waals surface area contributed by atoms with Crippen LogP contribution in [0.25, 0.3) is 0 Å². The number of aliphatic hydroxyl groups excluding tert-OH is 1. The van der Waals surface area contributed by atoms with Gasteiger partial charge in [-0.2, -0.15) is 0 Å². The normalized spacial score (nSPS) is 25.4. The fourth-order valence-corrected chi connectivity index (χ4v) is 1.73. The number of hydrogen-bond donors (Lipinski definition) is 3. The molecule has 1 aromatic carbocycles. The Kier molecular flexibility index (Phi) is 1.70. The fourth-order valence-electron chi connectivity index (χ4n) is 1.73. The molecule has 0 aliphatic carbocycles. The number of fused-ring (bicyclic) bond motifs is 1. The molecule has 1 unspecified atom stereocenters. The Bertz CT molecular complexity index is 338. The predicted octanol–water partition coefficient (Wildman–Crippen LogP) is 1.11. The first-order chi connectivity index (χ1) is 6.14. The highest BCUT2D eigenvalue weighted by Gasteiger charge is 2.32. The monoisotopic (exact) mass is 179 g/mol. The molecule has 70 valence electrons. The topological polar surface area (TPSA) is 52.5 Å². The first-order valence-corrected chi connectivity index (χ1v) is 4.34. The fraction of sp³-hybridized carbons (Fsp3) is 0.400. The number of hydrogen-bond acceptors (Lipinski definition) is 3. The van der Waals surface area contributed by atoms with Crippen molar-refractivity contribution < 1.29 is 10.2 Å². The van der Waals surface area contributed by atoms with Gasteiger partial charge in [0.1, 0.15) is 5.75 Å². The van der Waals surface area contributed by atoms with E-state index >= 15 is 0 Å². The summed E-state index contributed by atoms with van der Waals surface area (Å²) in [4.78, 5) is 0. The number of nitrogens with one attached hydrogen (secondary N) is 1. The number of benzene rings is 1. The third kappa shape index (κ3) is 1.25. The Morgan fingerprint density at radius 3 is 2.92 bits per heavy atom. The molecule has 1 heterocycles. The summed E-state index contributed by atoms with van der Waals surface area (Å²) in [6.07, 6.45) is 0.672. The van der Waals surface area contributed by atoms with E-state index in [2.05, 4.69) is 5.32 Å². The molecule has 1 aliphatic heterocycles. The molecule has 0 amide bonds. The van der Waals surface area contributed by atoms with E-state index in [-0.39, 0.29) is 12.1 Å². The van der Waals surface area contributed by atoms with E-state index in [9.17, 15) is 5.11 Å². The van der Waals surface area contributed by atoms with Crippen LogP contribution in [-0.2, 0) is 6.42 Å². The van der Waals surface area contributed by atoms with Crippen molar-refractivity contribution in [3.63, 3.8) is 0 Å². The first kappa shape index (κ1) is 8.38. The molecular formula is C10H13NO2. The summed E-state index contributed by atoms with van der Waals surface area (Å²) in [5.41, 5.74) is 1.51. The molecule has 0 fully saturated rings. The minimum Gasteiger partial charge on any atom is -0.508 e. The van der Waals surface area contributed by atoms with Crippen molar-refractivity contribution in [2.24, 2.45) is 0 Å². The van der Waals surface area contributed by atoms with Gasteiger partial charge in [-0.1, -0.05) is 6.07 Å². The van der Waals surface area contributed by atoms with E-state index in [1.54, 1.807) is 12.1 Å². The van der Waals surface area contributed by atoms with Crippen molar-refractivity contribution in [3.8, 4) is 5.75 Å². The van der Waals surface area contributed by atoms with Gasteiger partial charge in [0.15, 0.2) is 0 Å². The van der Waals surface area contributed by atoms with Gasteiger partial charge in [-0.3, -0.25) is 0 Å². The van der Waals surface area contributed by atoms with Gasteiger partial charge >= 0.3 is 0 Å². The molecule has 1 aliphatic rings. The first-order valence-electron chi connectivity index (χ1n) is 4.34. The molecule has 13 heavy (non-hydrogen) atoms. The molecule has 2 rings (SSSR count). The lowest BCUT2D eigenvalue weighted by Crippen LogP contribution is -2.36. The molecule has 3 heteroatoms. The number of aliphatic hydroxyl groups is 1. The third-order valence-corrected chi connectivity index (χ3v) is 2.50. The van der Waals surface area contributed by atoms with Crippen LogP contribution in [0.15, 0.2) is 18.2 Å². The quantitative estimate of drug-likeness (QED) is 0.605. The van der Waals surface area contributed by atoms with Crippen LogP contribution in [0, 0.1) is 0 Å². The Balaban J connectivity index is 2.40. The summed E-state index contributed by atoms with van der Waals surface area (Å²) < 4.78 is 0. The molecule has 3 nitrogen and oxygen atoms in total. The highest BCUT2D eigenvalue weighted by Crippen LogP contribution is 2.37. The number of rotatable bonds is 1. The number of aromatic hydroxyl groups is 1. The SMILES string of the molecule is CC1(CO)Cc2c(O)cccc2N1. The summed E-state index contributed by atoms with van der Waals surface area (Å²) >= 11 is 0. The summed E-state index contributed by atoms with van der Waals surface area (Å²) in [6.45, 7) is 2.01. The Morgan fingerprint density at radius 2 is 2.31 bits per heavy atom. The van der Waals surface area contributed by atoms with Crippen LogP contribution < -0.4 is 5.32 Å². The minimum atomic E-state index is -0.318. The van der Waals surface area contributed by atoms with Crippen LogP contribution in [0.2, 0.25) is 0 Å². The third-order valence-electron chi connectivity index (χ3n) is 2.50. The van der Waals surface area contributed by atoms with Crippen LogP contribution in [0.3, 0.4) is 0 Å². The number of phenolic OH excluding ortho intramolecular Hbond substituents is 1. The second kappa shape index (κ2) is 2.64. The maximum Gasteiger partial charge on any atom is 0.120 e. The molecule has 0 spiro atoms. The highest BCUT2D eigenvalue weighted by molar-refractivity contribution is 5.63. The molecule has 0 bridgehead atoms. The van der Waals surface area contributed by atoms with E-state index in [4.69, 9.17) is 5.11 Å². The summed E-state index contributed by atoms with van der Waals surface area (Å²) in [7, 11) is 0. The van der Waals surface area contributed by atoms with Gasteiger partial charge in [0.05, 0.1) is 12.1 Å². The Hall–Kier alpha value is -1.22. The van der Waals surface area contributed by atoms with Crippen molar-refractivity contribution in [1.29, 1.82) is 0 Å². The lowest BCUT2D eigenvalue weighted by Gasteiger charge is -2.21. The lowest BCUT2D eigenvalue weighted by atomic mass is 9.98. The van der Waals surface area contributed by atoms with Crippen molar-refractivity contribution in [3.05, 3.63) is 23.8 Å². The summed E-state index contributed by atoms with van der Waals surface area (Å²) in [5, 5.41) is 21.9. The van der Waals surface area contributed by atoms with E-state index in [0.717, 1.165) is 11.3 Å². The Labute approximate surface area is 77.0 Å². The molecule has 3 N–H and O–H groups in total. The maximum atomic E-state index is 9.54. The van der Waals surface area contributed by atoms with E-state index in [1.165, 1.54) is 0 Å². The van der Waals surface area contributed by atoms with Crippen molar-refractivity contribution in [2.75, 3.05) is 11.9 Å². The Morgan fingerprint density at radius 1 is 1.54 bits per heavy atom. The zero-order valence-electron chi connectivity index (χ0n) is 7.54. The number of anilines is 1. The van der Waals surface area contributed by atoms with Crippen molar-refractivity contribution in [1.82, 2.24) is 0 Å². The molecule has 0 saturated carbocycles. The predicted molar refractivity (Wildman–Crippen MR) is 50.9 cm³/mol. The van der Waals surface area contributed by atoms with Crippen LogP contribution in [0.5, 0.6) is 5.75 Å². The van der Waals surface area contributed by atoms with Gasteiger partial charge in [0.25, 0.3) is 0 Å². The summed E-state index contributed by atoms with van der Waals surface area (Å²) in [6, 6.07) is 5.38. The second-order valence-electron chi connectivity index (χ2n) is 3.82. The van der Waals surface area contributed by atoms with Crippen LogP contribution in [0.1, 0.15) is 12.5 Å². The largest absolute Gasteiger partial charge is 0.508 e. The van der Waals surface area contributed by atoms with E-state index in [1.807, 2.05) is 13.0 Å². The second-order valence-corrected chi connectivity index (χ2v) is 3.82. The van der Waals surface area contributed by atoms with Crippen molar-refractivity contribution >= 4 is 5.69 Å². The van der Waals surface area contributed by atoms with Crippen LogP contribution in [-0.4, -0.2) is 22.4 Å². The standard InChI is InChI=1S/C10H13NO2/c1-10(6-12)5-7-8(11-10)3-2-4-9(7)13/h2-4,11-13H,5-6H2,1H3. The van der Waals surface area contributed by atoms with Gasteiger partial charge in [0, 0.05) is 17.7 Å². The van der Waals surface area contributed by atoms with Gasteiger partial charge in [-0.15, -0.1) is 0 Å². The average Bonchev–Trinajstić information content (AvgIpc) is 2.45. The van der Waals surface area contributed by atoms with Gasteiger partial charge < -0.3 is 15.5 Å². The van der Waals surface area contributed by atoms with E-state index in [0.29, 0.717) is 12.2 Å². The molecule has 0 aromatic heterocycles. The summed E-state index contributed by atoms with van der Waals surface area (Å²) in [5.74, 6) is 0.308. The smallest absolute Gasteiger partial charge is 0.120 e. The molecular weight excluding hydrogens is 166 g/mol. The van der Waals surface area contributed by atoms with Gasteiger partial charge in [-0.25, -0.2) is 0 Å². The number of phenols is 1. The molecule has 0 radical (unpaired) electrons. The van der Waals surface area contributed by atoms with Gasteiger partial charge in [0.2, 0.25) is 0 Å². The highest BCUT2D eigenvalue weighted by atomic mass is 16.3. The molecule has 1 atom stereocenters. The zero-order valence-corrected chi connectivity index (χ0v) is 7.54. The average molecular weight is 179 g/mol. The minimum absolute atomic E-state index is 0.0706. The zero-order chi connectivity index (χ0) is 9.47. The lowest BCUT2D eigenvalue weighted by molar-refractivity contribution is 0.226. The molecule has 0 saturated heterocycles. The van der Waals surface area contributed by atoms with Gasteiger partial charge in [-0.05, 0) is 19.1 Å².